The highest BCUT2D eigenvalue weighted by molar-refractivity contribution is 7.09. The van der Waals surface area contributed by atoms with Gasteiger partial charge in [-0.3, -0.25) is 9.59 Å². The molecule has 1 aromatic heterocycles. The van der Waals surface area contributed by atoms with Crippen LogP contribution in [0.1, 0.15) is 17.0 Å². The van der Waals surface area contributed by atoms with Gasteiger partial charge in [-0.25, -0.2) is 4.98 Å². The fraction of sp³-hybridized carbons (Fsp3) is 0.227. The Kier molecular flexibility index (Phi) is 5.65. The second-order valence-electron chi connectivity index (χ2n) is 7.09. The number of carbonyl (C=O) groups is 2. The van der Waals surface area contributed by atoms with Crippen LogP contribution in [0.15, 0.2) is 53.9 Å². The van der Waals surface area contributed by atoms with Gasteiger partial charge in [-0.2, -0.15) is 0 Å². The molecule has 1 saturated heterocycles. The molecule has 29 heavy (non-hydrogen) atoms. The predicted molar refractivity (Wildman–Crippen MR) is 116 cm³/mol. The molecular formula is C22H20ClN3O2S. The Balaban J connectivity index is 1.42. The van der Waals surface area contributed by atoms with Gasteiger partial charge in [0, 0.05) is 41.2 Å². The maximum atomic E-state index is 12.7. The molecule has 1 aliphatic heterocycles. The van der Waals surface area contributed by atoms with E-state index in [1.54, 1.807) is 22.3 Å². The van der Waals surface area contributed by atoms with Gasteiger partial charge in [0.2, 0.25) is 11.8 Å². The molecule has 7 heteroatoms. The van der Waals surface area contributed by atoms with E-state index in [1.165, 1.54) is 0 Å². The number of hydrogen-bond acceptors (Lipinski definition) is 4. The van der Waals surface area contributed by atoms with Crippen LogP contribution in [0.25, 0.3) is 11.3 Å². The fourth-order valence-corrected chi connectivity index (χ4v) is 4.25. The molecule has 3 aromatic rings. The summed E-state index contributed by atoms with van der Waals surface area (Å²) in [6, 6.07) is 15.1. The van der Waals surface area contributed by atoms with Crippen LogP contribution < -0.4 is 5.32 Å². The van der Waals surface area contributed by atoms with Gasteiger partial charge in [-0.1, -0.05) is 41.9 Å². The molecule has 0 aliphatic carbocycles. The highest BCUT2D eigenvalue weighted by atomic mass is 35.5. The topological polar surface area (TPSA) is 62.3 Å². The minimum absolute atomic E-state index is 0.0308. The van der Waals surface area contributed by atoms with Crippen molar-refractivity contribution >= 4 is 40.4 Å². The van der Waals surface area contributed by atoms with Gasteiger partial charge in [0.15, 0.2) is 0 Å². The lowest BCUT2D eigenvalue weighted by atomic mass is 10.1. The third-order valence-corrected chi connectivity index (χ3v) is 6.09. The van der Waals surface area contributed by atoms with Gasteiger partial charge >= 0.3 is 0 Å². The third kappa shape index (κ3) is 4.49. The number of hydrogen-bond donors (Lipinski definition) is 1. The van der Waals surface area contributed by atoms with E-state index in [2.05, 4.69) is 10.3 Å². The lowest BCUT2D eigenvalue weighted by molar-refractivity contribution is -0.128. The lowest BCUT2D eigenvalue weighted by Gasteiger charge is -2.17. The smallest absolute Gasteiger partial charge is 0.229 e. The first kappa shape index (κ1) is 19.6. The van der Waals surface area contributed by atoms with Gasteiger partial charge in [-0.05, 0) is 30.7 Å². The van der Waals surface area contributed by atoms with E-state index in [4.69, 9.17) is 11.6 Å². The Morgan fingerprint density at radius 1 is 1.28 bits per heavy atom. The first-order valence-corrected chi connectivity index (χ1v) is 10.6. The summed E-state index contributed by atoms with van der Waals surface area (Å²) >= 11 is 7.79. The number of thiazole rings is 1. The average Bonchev–Trinajstić information content (AvgIpc) is 3.30. The van der Waals surface area contributed by atoms with E-state index >= 15 is 0 Å². The first-order valence-electron chi connectivity index (χ1n) is 9.34. The van der Waals surface area contributed by atoms with Crippen LogP contribution in [0.5, 0.6) is 0 Å². The second-order valence-corrected chi connectivity index (χ2v) is 8.56. The molecule has 2 amide bonds. The number of benzene rings is 2. The van der Waals surface area contributed by atoms with E-state index in [9.17, 15) is 9.59 Å². The molecule has 1 aliphatic rings. The number of amides is 2. The largest absolute Gasteiger partial charge is 0.337 e. The Morgan fingerprint density at radius 2 is 2.10 bits per heavy atom. The number of nitrogens with one attached hydrogen (secondary N) is 1. The van der Waals surface area contributed by atoms with E-state index in [1.807, 2.05) is 54.8 Å². The van der Waals surface area contributed by atoms with Gasteiger partial charge in [0.05, 0.1) is 16.6 Å². The van der Waals surface area contributed by atoms with Crippen LogP contribution >= 0.6 is 22.9 Å². The number of aromatic nitrogens is 1. The highest BCUT2D eigenvalue weighted by Gasteiger charge is 2.34. The lowest BCUT2D eigenvalue weighted by Crippen LogP contribution is -2.28. The van der Waals surface area contributed by atoms with Crippen molar-refractivity contribution < 1.29 is 9.59 Å². The SMILES string of the molecule is Cc1nc(-c2cccc(NC(=O)[C@@H]3CC(=O)N(Cc4ccccc4Cl)C3)c2)cs1. The number of rotatable bonds is 5. The summed E-state index contributed by atoms with van der Waals surface area (Å²) in [5.74, 6) is -0.557. The van der Waals surface area contributed by atoms with Crippen LogP contribution in [0.4, 0.5) is 5.69 Å². The number of aryl methyl sites for hydroxylation is 1. The van der Waals surface area contributed by atoms with E-state index in [0.717, 1.165) is 21.8 Å². The molecule has 5 nitrogen and oxygen atoms in total. The van der Waals surface area contributed by atoms with Gasteiger partial charge in [-0.15, -0.1) is 11.3 Å². The maximum Gasteiger partial charge on any atom is 0.229 e. The van der Waals surface area contributed by atoms with E-state index in [-0.39, 0.29) is 24.2 Å². The number of anilines is 1. The molecule has 148 valence electrons. The van der Waals surface area contributed by atoms with Crippen molar-refractivity contribution in [1.29, 1.82) is 0 Å². The number of likely N-dealkylation sites (tertiary alicyclic amines) is 1. The zero-order valence-electron chi connectivity index (χ0n) is 15.9. The van der Waals surface area contributed by atoms with Crippen LogP contribution in [0.2, 0.25) is 5.02 Å². The van der Waals surface area contributed by atoms with Crippen molar-refractivity contribution in [2.75, 3.05) is 11.9 Å². The molecule has 1 N–H and O–H groups in total. The summed E-state index contributed by atoms with van der Waals surface area (Å²) in [7, 11) is 0. The number of halogens is 1. The molecule has 1 fully saturated rings. The molecule has 0 saturated carbocycles. The molecule has 0 bridgehead atoms. The van der Waals surface area contributed by atoms with Gasteiger partial charge in [0.25, 0.3) is 0 Å². The highest BCUT2D eigenvalue weighted by Crippen LogP contribution is 2.27. The molecule has 1 atom stereocenters. The van der Waals surface area contributed by atoms with Crippen LogP contribution in [0, 0.1) is 12.8 Å². The Morgan fingerprint density at radius 3 is 2.86 bits per heavy atom. The Bertz CT molecular complexity index is 1070. The Hall–Kier alpha value is -2.70. The van der Waals surface area contributed by atoms with E-state index < -0.39 is 0 Å². The van der Waals surface area contributed by atoms with Crippen molar-refractivity contribution in [3.05, 3.63) is 69.5 Å². The van der Waals surface area contributed by atoms with Crippen molar-refractivity contribution in [3.63, 3.8) is 0 Å². The molecular weight excluding hydrogens is 406 g/mol. The first-order chi connectivity index (χ1) is 14.0. The van der Waals surface area contributed by atoms with Gasteiger partial charge in [0.1, 0.15) is 0 Å². The summed E-state index contributed by atoms with van der Waals surface area (Å²) < 4.78 is 0. The van der Waals surface area contributed by atoms with Crippen molar-refractivity contribution in [1.82, 2.24) is 9.88 Å². The van der Waals surface area contributed by atoms with Crippen molar-refractivity contribution in [2.24, 2.45) is 5.92 Å². The maximum absolute atomic E-state index is 12.7. The van der Waals surface area contributed by atoms with Crippen LogP contribution in [-0.4, -0.2) is 28.2 Å². The molecule has 0 spiro atoms. The van der Waals surface area contributed by atoms with Crippen molar-refractivity contribution in [3.8, 4) is 11.3 Å². The minimum Gasteiger partial charge on any atom is -0.337 e. The normalized spacial score (nSPS) is 16.3. The predicted octanol–water partition coefficient (Wildman–Crippen LogP) is 4.76. The summed E-state index contributed by atoms with van der Waals surface area (Å²) in [6.07, 6.45) is 0.210. The standard InChI is InChI=1S/C22H20ClN3O2S/c1-14-24-20(13-29-14)15-6-4-7-18(9-15)25-22(28)17-10-21(27)26(12-17)11-16-5-2-3-8-19(16)23/h2-9,13,17H,10-12H2,1H3,(H,25,28)/t17-/m1/s1. The Labute approximate surface area is 178 Å². The zero-order valence-corrected chi connectivity index (χ0v) is 17.5. The summed E-state index contributed by atoms with van der Waals surface area (Å²) in [6.45, 7) is 2.77. The fourth-order valence-electron chi connectivity index (χ4n) is 3.43. The number of carbonyl (C=O) groups excluding carboxylic acids is 2. The zero-order chi connectivity index (χ0) is 20.4. The van der Waals surface area contributed by atoms with Crippen LogP contribution in [0.3, 0.4) is 0 Å². The summed E-state index contributed by atoms with van der Waals surface area (Å²) in [5.41, 5.74) is 3.44. The molecule has 0 unspecified atom stereocenters. The third-order valence-electron chi connectivity index (χ3n) is 4.95. The second kappa shape index (κ2) is 8.35. The summed E-state index contributed by atoms with van der Waals surface area (Å²) in [4.78, 5) is 31.3. The van der Waals surface area contributed by atoms with Crippen LogP contribution in [-0.2, 0) is 16.1 Å². The monoisotopic (exact) mass is 425 g/mol. The quantitative estimate of drug-likeness (QED) is 0.641. The van der Waals surface area contributed by atoms with Crippen molar-refractivity contribution in [2.45, 2.75) is 19.9 Å². The molecule has 2 aromatic carbocycles. The summed E-state index contributed by atoms with van der Waals surface area (Å²) in [5, 5.41) is 6.57. The average molecular weight is 426 g/mol. The van der Waals surface area contributed by atoms with E-state index in [0.29, 0.717) is 23.8 Å². The molecule has 4 rings (SSSR count). The van der Waals surface area contributed by atoms with Gasteiger partial charge < -0.3 is 10.2 Å². The molecule has 2 heterocycles. The molecule has 0 radical (unpaired) electrons. The minimum atomic E-state index is -0.379. The number of nitrogens with zero attached hydrogens (tertiary/aromatic N) is 2.